The van der Waals surface area contributed by atoms with Crippen LogP contribution in [-0.4, -0.2) is 18.2 Å². The zero-order valence-corrected chi connectivity index (χ0v) is 11.5. The molecule has 2 aromatic carbocycles. The number of methoxy groups -OCH3 is 1. The molecule has 5 heteroatoms. The summed E-state index contributed by atoms with van der Waals surface area (Å²) in [7, 11) is 1.52. The largest absolute Gasteiger partial charge is 0.495 e. The first-order valence-corrected chi connectivity index (χ1v) is 6.15. The second-order valence-electron chi connectivity index (χ2n) is 3.85. The number of aromatic carboxylic acids is 1. The fourth-order valence-corrected chi connectivity index (χ4v) is 2.35. The quantitative estimate of drug-likeness (QED) is 0.915. The third-order valence-corrected chi connectivity index (χ3v) is 3.15. The van der Waals surface area contributed by atoms with Gasteiger partial charge in [-0.1, -0.05) is 35.3 Å². The number of carboxylic acids is 1. The van der Waals surface area contributed by atoms with Crippen molar-refractivity contribution < 1.29 is 14.6 Å². The Balaban J connectivity index is 2.55. The number of ether oxygens (including phenoxy) is 1. The second kappa shape index (κ2) is 5.51. The number of hydrogen-bond donors (Lipinski definition) is 1. The second-order valence-corrected chi connectivity index (χ2v) is 4.69. The molecule has 0 saturated heterocycles. The molecule has 2 aromatic rings. The average Bonchev–Trinajstić information content (AvgIpc) is 2.38. The van der Waals surface area contributed by atoms with Gasteiger partial charge in [-0.15, -0.1) is 0 Å². The summed E-state index contributed by atoms with van der Waals surface area (Å²) in [6.07, 6.45) is 0. The van der Waals surface area contributed by atoms with Crippen LogP contribution in [0.2, 0.25) is 10.0 Å². The van der Waals surface area contributed by atoms with Gasteiger partial charge < -0.3 is 9.84 Å². The van der Waals surface area contributed by atoms with Gasteiger partial charge in [0, 0.05) is 10.6 Å². The van der Waals surface area contributed by atoms with Crippen molar-refractivity contribution in [2.75, 3.05) is 7.11 Å². The Morgan fingerprint density at radius 3 is 2.32 bits per heavy atom. The van der Waals surface area contributed by atoms with Crippen LogP contribution in [0.25, 0.3) is 11.1 Å². The van der Waals surface area contributed by atoms with E-state index >= 15 is 0 Å². The fraction of sp³-hybridized carbons (Fsp3) is 0.0714. The molecule has 0 aliphatic heterocycles. The molecule has 0 atom stereocenters. The maximum absolute atomic E-state index is 10.8. The van der Waals surface area contributed by atoms with Gasteiger partial charge in [0.05, 0.1) is 17.7 Å². The van der Waals surface area contributed by atoms with Crippen molar-refractivity contribution in [2.45, 2.75) is 0 Å². The predicted octanol–water partition coefficient (Wildman–Crippen LogP) is 4.37. The fourth-order valence-electron chi connectivity index (χ4n) is 1.77. The van der Waals surface area contributed by atoms with Crippen LogP contribution in [0.5, 0.6) is 5.75 Å². The molecule has 0 amide bonds. The van der Waals surface area contributed by atoms with Crippen LogP contribution in [0.3, 0.4) is 0 Å². The minimum Gasteiger partial charge on any atom is -0.495 e. The van der Waals surface area contributed by atoms with E-state index in [2.05, 4.69) is 0 Å². The minimum atomic E-state index is -0.970. The van der Waals surface area contributed by atoms with Crippen LogP contribution >= 0.6 is 23.2 Å². The van der Waals surface area contributed by atoms with Gasteiger partial charge in [-0.2, -0.15) is 0 Å². The zero-order chi connectivity index (χ0) is 14.0. The highest BCUT2D eigenvalue weighted by molar-refractivity contribution is 6.36. The first-order chi connectivity index (χ1) is 9.02. The summed E-state index contributed by atoms with van der Waals surface area (Å²) < 4.78 is 5.26. The number of rotatable bonds is 3. The first kappa shape index (κ1) is 13.7. The Morgan fingerprint density at radius 1 is 1.16 bits per heavy atom. The average molecular weight is 297 g/mol. The molecule has 0 aromatic heterocycles. The van der Waals surface area contributed by atoms with Crippen molar-refractivity contribution in [1.29, 1.82) is 0 Å². The monoisotopic (exact) mass is 296 g/mol. The van der Waals surface area contributed by atoms with E-state index in [0.29, 0.717) is 15.8 Å². The molecule has 0 saturated carbocycles. The maximum atomic E-state index is 10.8. The topological polar surface area (TPSA) is 46.5 Å². The molecule has 0 fully saturated rings. The molecule has 3 nitrogen and oxygen atoms in total. The number of carbonyl (C=O) groups is 1. The lowest BCUT2D eigenvalue weighted by Crippen LogP contribution is -1.95. The van der Waals surface area contributed by atoms with Crippen molar-refractivity contribution in [3.05, 3.63) is 52.0 Å². The molecule has 0 heterocycles. The van der Waals surface area contributed by atoms with E-state index in [4.69, 9.17) is 33.0 Å². The van der Waals surface area contributed by atoms with Gasteiger partial charge >= 0.3 is 5.97 Å². The van der Waals surface area contributed by atoms with Gasteiger partial charge in [-0.05, 0) is 29.8 Å². The highest BCUT2D eigenvalue weighted by Crippen LogP contribution is 2.38. The Hall–Kier alpha value is -1.71. The summed E-state index contributed by atoms with van der Waals surface area (Å²) >= 11 is 12.0. The van der Waals surface area contributed by atoms with Crippen molar-refractivity contribution >= 4 is 29.2 Å². The molecule has 1 N–H and O–H groups in total. The van der Waals surface area contributed by atoms with E-state index in [1.807, 2.05) is 0 Å². The standard InChI is InChI=1S/C14H10Cl2O3/c1-19-13-11(6-10(15)7-12(13)16)8-2-4-9(5-3-8)14(17)18/h2-7H,1H3,(H,17,18). The van der Waals surface area contributed by atoms with Crippen LogP contribution < -0.4 is 4.74 Å². The molecular weight excluding hydrogens is 287 g/mol. The number of hydrogen-bond acceptors (Lipinski definition) is 2. The van der Waals surface area contributed by atoms with Gasteiger partial charge in [0.25, 0.3) is 0 Å². The van der Waals surface area contributed by atoms with Gasteiger partial charge in [0.1, 0.15) is 5.75 Å². The normalized spacial score (nSPS) is 10.3. The van der Waals surface area contributed by atoms with Crippen molar-refractivity contribution in [3.8, 4) is 16.9 Å². The van der Waals surface area contributed by atoms with Gasteiger partial charge in [0.2, 0.25) is 0 Å². The van der Waals surface area contributed by atoms with Gasteiger partial charge in [0.15, 0.2) is 0 Å². The summed E-state index contributed by atoms with van der Waals surface area (Å²) in [4.78, 5) is 10.8. The van der Waals surface area contributed by atoms with Crippen LogP contribution in [-0.2, 0) is 0 Å². The molecule has 19 heavy (non-hydrogen) atoms. The van der Waals surface area contributed by atoms with Gasteiger partial charge in [-0.3, -0.25) is 0 Å². The van der Waals surface area contributed by atoms with Crippen LogP contribution in [0.1, 0.15) is 10.4 Å². The Labute approximate surface area is 120 Å². The van der Waals surface area contributed by atoms with E-state index < -0.39 is 5.97 Å². The third kappa shape index (κ3) is 2.83. The SMILES string of the molecule is COc1c(Cl)cc(Cl)cc1-c1ccc(C(=O)O)cc1. The van der Waals surface area contributed by atoms with E-state index in [9.17, 15) is 4.79 Å². The molecule has 0 aliphatic rings. The summed E-state index contributed by atoms with van der Waals surface area (Å²) in [5, 5.41) is 9.77. The van der Waals surface area contributed by atoms with Crippen LogP contribution in [0.4, 0.5) is 0 Å². The Bertz CT molecular complexity index is 621. The van der Waals surface area contributed by atoms with Crippen molar-refractivity contribution in [2.24, 2.45) is 0 Å². The number of carboxylic acid groups (broad SMARTS) is 1. The third-order valence-electron chi connectivity index (χ3n) is 2.66. The molecule has 0 unspecified atom stereocenters. The van der Waals surface area contributed by atoms with Crippen molar-refractivity contribution in [1.82, 2.24) is 0 Å². The van der Waals surface area contributed by atoms with Crippen LogP contribution in [0, 0.1) is 0 Å². The van der Waals surface area contributed by atoms with E-state index in [1.165, 1.54) is 19.2 Å². The molecule has 2 rings (SSSR count). The molecule has 98 valence electrons. The molecule has 0 aliphatic carbocycles. The zero-order valence-electron chi connectivity index (χ0n) is 9.98. The maximum Gasteiger partial charge on any atom is 0.335 e. The van der Waals surface area contributed by atoms with Gasteiger partial charge in [-0.25, -0.2) is 4.79 Å². The highest BCUT2D eigenvalue weighted by atomic mass is 35.5. The van der Waals surface area contributed by atoms with E-state index in [-0.39, 0.29) is 5.56 Å². The van der Waals surface area contributed by atoms with E-state index in [1.54, 1.807) is 24.3 Å². The first-order valence-electron chi connectivity index (χ1n) is 5.39. The molecular formula is C14H10Cl2O3. The molecule has 0 spiro atoms. The lowest BCUT2D eigenvalue weighted by Gasteiger charge is -2.11. The summed E-state index contributed by atoms with van der Waals surface area (Å²) in [6.45, 7) is 0. The predicted molar refractivity (Wildman–Crippen MR) is 75.4 cm³/mol. The van der Waals surface area contributed by atoms with E-state index in [0.717, 1.165) is 11.1 Å². The van der Waals surface area contributed by atoms with Crippen molar-refractivity contribution in [3.63, 3.8) is 0 Å². The molecule has 0 bridgehead atoms. The summed E-state index contributed by atoms with van der Waals surface area (Å²) in [5.74, 6) is -0.461. The lowest BCUT2D eigenvalue weighted by molar-refractivity contribution is 0.0697. The number of halogens is 2. The molecule has 0 radical (unpaired) electrons. The highest BCUT2D eigenvalue weighted by Gasteiger charge is 2.12. The number of benzene rings is 2. The minimum absolute atomic E-state index is 0.218. The summed E-state index contributed by atoms with van der Waals surface area (Å²) in [6, 6.07) is 9.73. The lowest BCUT2D eigenvalue weighted by atomic mass is 10.0. The van der Waals surface area contributed by atoms with Crippen LogP contribution in [0.15, 0.2) is 36.4 Å². The Kier molecular flexibility index (Phi) is 3.98. The Morgan fingerprint density at radius 2 is 1.79 bits per heavy atom. The summed E-state index contributed by atoms with van der Waals surface area (Å²) in [5.41, 5.74) is 1.72. The smallest absolute Gasteiger partial charge is 0.335 e.